The lowest BCUT2D eigenvalue weighted by Crippen LogP contribution is -2.39. The zero-order valence-electron chi connectivity index (χ0n) is 12.5. The first-order valence-corrected chi connectivity index (χ1v) is 7.62. The Morgan fingerprint density at radius 3 is 2.67 bits per heavy atom. The van der Waals surface area contributed by atoms with Gasteiger partial charge in [-0.25, -0.2) is 9.97 Å². The lowest BCUT2D eigenvalue weighted by Gasteiger charge is -2.33. The first kappa shape index (κ1) is 14.2. The van der Waals surface area contributed by atoms with E-state index in [-0.39, 0.29) is 0 Å². The summed E-state index contributed by atoms with van der Waals surface area (Å²) >= 11 is 0. The van der Waals surface area contributed by atoms with Gasteiger partial charge >= 0.3 is 0 Å². The summed E-state index contributed by atoms with van der Waals surface area (Å²) < 4.78 is 0. The van der Waals surface area contributed by atoms with Crippen LogP contribution in [0.25, 0.3) is 10.9 Å². The van der Waals surface area contributed by atoms with Gasteiger partial charge in [0, 0.05) is 11.4 Å². The minimum Gasteiger partial charge on any atom is -0.383 e. The molecule has 0 spiro atoms. The van der Waals surface area contributed by atoms with E-state index >= 15 is 0 Å². The van der Waals surface area contributed by atoms with E-state index < -0.39 is 0 Å². The highest BCUT2D eigenvalue weighted by molar-refractivity contribution is 5.87. The number of nitrogen functional groups attached to an aromatic ring is 1. The number of likely N-dealkylation sites (tertiary alicyclic amines) is 1. The van der Waals surface area contributed by atoms with Gasteiger partial charge in [0.25, 0.3) is 0 Å². The molecule has 0 amide bonds. The number of aromatic nitrogens is 2. The van der Waals surface area contributed by atoms with Crippen molar-refractivity contribution in [3.05, 3.63) is 30.1 Å². The molecule has 4 N–H and O–H groups in total. The Balaban J connectivity index is 1.71. The highest BCUT2D eigenvalue weighted by atomic mass is 15.2. The van der Waals surface area contributed by atoms with Crippen LogP contribution in [-0.4, -0.2) is 34.0 Å². The lowest BCUT2D eigenvalue weighted by molar-refractivity contribution is 0.163. The molecule has 2 aromatic rings. The van der Waals surface area contributed by atoms with Crippen LogP contribution in [0.5, 0.6) is 0 Å². The maximum absolute atomic E-state index is 6.04. The smallest absolute Gasteiger partial charge is 0.145 e. The van der Waals surface area contributed by atoms with Crippen LogP contribution in [0.1, 0.15) is 25.6 Å². The molecule has 2 heterocycles. The highest BCUT2D eigenvalue weighted by Crippen LogP contribution is 2.22. The maximum Gasteiger partial charge on any atom is 0.145 e. The first-order chi connectivity index (χ1) is 10.1. The molecular weight excluding hydrogens is 262 g/mol. The van der Waals surface area contributed by atoms with E-state index in [4.69, 9.17) is 11.5 Å². The van der Waals surface area contributed by atoms with Crippen LogP contribution in [-0.2, 0) is 6.54 Å². The average molecular weight is 285 g/mol. The van der Waals surface area contributed by atoms with Crippen LogP contribution in [0.4, 0.5) is 5.82 Å². The van der Waals surface area contributed by atoms with Crippen LogP contribution in [0.3, 0.4) is 0 Å². The standard InChI is InChI=1S/C16H23N5/c1-11(17)12-6-8-21(9-7-12)10-15-19-14-5-3-2-4-13(14)16(18)20-15/h2-5,11-12H,6-10,17H2,1H3,(H2,18,19,20). The summed E-state index contributed by atoms with van der Waals surface area (Å²) in [6.07, 6.45) is 2.31. The quantitative estimate of drug-likeness (QED) is 0.898. The highest BCUT2D eigenvalue weighted by Gasteiger charge is 2.22. The summed E-state index contributed by atoms with van der Waals surface area (Å²) in [7, 11) is 0. The van der Waals surface area contributed by atoms with Gasteiger partial charge in [-0.15, -0.1) is 0 Å². The van der Waals surface area contributed by atoms with Gasteiger partial charge in [-0.05, 0) is 50.9 Å². The van der Waals surface area contributed by atoms with E-state index in [0.29, 0.717) is 17.8 Å². The van der Waals surface area contributed by atoms with Crippen molar-refractivity contribution in [2.24, 2.45) is 11.7 Å². The third kappa shape index (κ3) is 3.14. The molecule has 1 aromatic carbocycles. The van der Waals surface area contributed by atoms with E-state index in [2.05, 4.69) is 21.8 Å². The molecule has 112 valence electrons. The molecule has 1 unspecified atom stereocenters. The number of hydrogen-bond donors (Lipinski definition) is 2. The molecular formula is C16H23N5. The van der Waals surface area contributed by atoms with Gasteiger partial charge in [-0.1, -0.05) is 12.1 Å². The number of nitrogens with two attached hydrogens (primary N) is 2. The van der Waals surface area contributed by atoms with Gasteiger partial charge in [0.2, 0.25) is 0 Å². The second kappa shape index (κ2) is 5.95. The fourth-order valence-corrected chi connectivity index (χ4v) is 3.06. The number of benzene rings is 1. The predicted molar refractivity (Wildman–Crippen MR) is 85.6 cm³/mol. The molecule has 1 aromatic heterocycles. The monoisotopic (exact) mass is 285 g/mol. The maximum atomic E-state index is 6.04. The van der Waals surface area contributed by atoms with Crippen molar-refractivity contribution in [1.29, 1.82) is 0 Å². The number of fused-ring (bicyclic) bond motifs is 1. The Kier molecular flexibility index (Phi) is 4.03. The molecule has 3 rings (SSSR count). The minimum absolute atomic E-state index is 0.291. The fraction of sp³-hybridized carbons (Fsp3) is 0.500. The number of para-hydroxylation sites is 1. The number of piperidine rings is 1. The van der Waals surface area contributed by atoms with Crippen molar-refractivity contribution in [1.82, 2.24) is 14.9 Å². The normalized spacial score (nSPS) is 19.0. The van der Waals surface area contributed by atoms with Gasteiger partial charge in [0.15, 0.2) is 0 Å². The van der Waals surface area contributed by atoms with Crippen molar-refractivity contribution in [3.63, 3.8) is 0 Å². The second-order valence-electron chi connectivity index (χ2n) is 6.01. The van der Waals surface area contributed by atoms with Crippen molar-refractivity contribution in [2.45, 2.75) is 32.4 Å². The van der Waals surface area contributed by atoms with Crippen LogP contribution in [0, 0.1) is 5.92 Å². The van der Waals surface area contributed by atoms with Crippen LogP contribution in [0.15, 0.2) is 24.3 Å². The second-order valence-corrected chi connectivity index (χ2v) is 6.01. The van der Waals surface area contributed by atoms with Crippen molar-refractivity contribution >= 4 is 16.7 Å². The van der Waals surface area contributed by atoms with Crippen LogP contribution < -0.4 is 11.5 Å². The molecule has 5 nitrogen and oxygen atoms in total. The predicted octanol–water partition coefficient (Wildman–Crippen LogP) is 1.77. The fourth-order valence-electron chi connectivity index (χ4n) is 3.06. The third-order valence-electron chi connectivity index (χ3n) is 4.42. The summed E-state index contributed by atoms with van der Waals surface area (Å²) in [5, 5.41) is 0.928. The Morgan fingerprint density at radius 1 is 1.24 bits per heavy atom. The third-order valence-corrected chi connectivity index (χ3v) is 4.42. The van der Waals surface area contributed by atoms with E-state index in [9.17, 15) is 0 Å². The van der Waals surface area contributed by atoms with Gasteiger partial charge in [-0.2, -0.15) is 0 Å². The summed E-state index contributed by atoms with van der Waals surface area (Å²) in [6, 6.07) is 8.18. The zero-order valence-corrected chi connectivity index (χ0v) is 12.5. The molecule has 0 radical (unpaired) electrons. The molecule has 1 fully saturated rings. The molecule has 1 saturated heterocycles. The number of rotatable bonds is 3. The van der Waals surface area contributed by atoms with Gasteiger partial charge in [0.1, 0.15) is 11.6 Å². The molecule has 0 bridgehead atoms. The Morgan fingerprint density at radius 2 is 1.95 bits per heavy atom. The molecule has 1 atom stereocenters. The Hall–Kier alpha value is -1.72. The summed E-state index contributed by atoms with van der Waals surface area (Å²) in [6.45, 7) is 4.98. The summed E-state index contributed by atoms with van der Waals surface area (Å²) in [4.78, 5) is 11.5. The number of anilines is 1. The average Bonchev–Trinajstić information content (AvgIpc) is 2.48. The van der Waals surface area contributed by atoms with Crippen molar-refractivity contribution < 1.29 is 0 Å². The number of hydrogen-bond acceptors (Lipinski definition) is 5. The van der Waals surface area contributed by atoms with Gasteiger partial charge < -0.3 is 11.5 Å². The largest absolute Gasteiger partial charge is 0.383 e. The van der Waals surface area contributed by atoms with Gasteiger partial charge in [-0.3, -0.25) is 4.90 Å². The van der Waals surface area contributed by atoms with E-state index in [1.807, 2.05) is 24.3 Å². The molecule has 0 aliphatic carbocycles. The SMILES string of the molecule is CC(N)C1CCN(Cc2nc(N)c3ccccc3n2)CC1. The Labute approximate surface area is 125 Å². The topological polar surface area (TPSA) is 81.1 Å². The van der Waals surface area contributed by atoms with E-state index in [0.717, 1.165) is 49.2 Å². The van der Waals surface area contributed by atoms with Crippen molar-refractivity contribution in [2.75, 3.05) is 18.8 Å². The minimum atomic E-state index is 0.291. The number of nitrogens with zero attached hydrogens (tertiary/aromatic N) is 3. The molecule has 1 aliphatic rings. The van der Waals surface area contributed by atoms with Crippen LogP contribution >= 0.6 is 0 Å². The molecule has 21 heavy (non-hydrogen) atoms. The molecule has 1 aliphatic heterocycles. The zero-order chi connectivity index (χ0) is 14.8. The summed E-state index contributed by atoms with van der Waals surface area (Å²) in [5.74, 6) is 2.02. The van der Waals surface area contributed by atoms with E-state index in [1.165, 1.54) is 0 Å². The van der Waals surface area contributed by atoms with E-state index in [1.54, 1.807) is 0 Å². The molecule has 0 saturated carbocycles. The first-order valence-electron chi connectivity index (χ1n) is 7.62. The summed E-state index contributed by atoms with van der Waals surface area (Å²) in [5.41, 5.74) is 12.9. The van der Waals surface area contributed by atoms with Crippen LogP contribution in [0.2, 0.25) is 0 Å². The Bertz CT molecular complexity index is 617. The lowest BCUT2D eigenvalue weighted by atomic mass is 9.91. The molecule has 5 heteroatoms. The van der Waals surface area contributed by atoms with Crippen molar-refractivity contribution in [3.8, 4) is 0 Å². The van der Waals surface area contributed by atoms with Gasteiger partial charge in [0.05, 0.1) is 12.1 Å².